The first-order chi connectivity index (χ1) is 12.0. The zero-order valence-corrected chi connectivity index (χ0v) is 14.8. The lowest BCUT2D eigenvalue weighted by atomic mass is 9.89. The molecule has 2 heterocycles. The number of anilines is 1. The molecule has 1 N–H and O–H groups in total. The molecule has 1 aromatic heterocycles. The molecule has 0 saturated heterocycles. The predicted molar refractivity (Wildman–Crippen MR) is 99.1 cm³/mol. The molecule has 4 rings (SSSR count). The van der Waals surface area contributed by atoms with Crippen molar-refractivity contribution in [2.24, 2.45) is 5.92 Å². The van der Waals surface area contributed by atoms with E-state index in [2.05, 4.69) is 24.9 Å². The molecule has 0 saturated carbocycles. The number of nitrogens with zero attached hydrogens (tertiary/aromatic N) is 2. The normalized spacial score (nSPS) is 16.8. The van der Waals surface area contributed by atoms with Gasteiger partial charge in [-0.1, -0.05) is 13.8 Å². The summed E-state index contributed by atoms with van der Waals surface area (Å²) >= 11 is 0. The molecular weight excluding hydrogens is 314 g/mol. The summed E-state index contributed by atoms with van der Waals surface area (Å²) < 4.78 is 5.21. The van der Waals surface area contributed by atoms with Crippen LogP contribution >= 0.6 is 0 Å². The molecule has 0 aliphatic carbocycles. The summed E-state index contributed by atoms with van der Waals surface area (Å²) in [6.45, 7) is 4.18. The molecule has 5 heteroatoms. The number of amides is 1. The van der Waals surface area contributed by atoms with Crippen molar-refractivity contribution < 1.29 is 9.53 Å². The lowest BCUT2D eigenvalue weighted by Crippen LogP contribution is -2.26. The summed E-state index contributed by atoms with van der Waals surface area (Å²) in [5, 5.41) is 0. The molecule has 1 atom stereocenters. The van der Waals surface area contributed by atoms with E-state index in [1.54, 1.807) is 12.0 Å². The van der Waals surface area contributed by atoms with Crippen LogP contribution in [-0.4, -0.2) is 30.0 Å². The summed E-state index contributed by atoms with van der Waals surface area (Å²) in [6, 6.07) is 11.9. The number of likely N-dealkylation sites (N-methyl/N-ethyl adjacent to an activating group) is 1. The summed E-state index contributed by atoms with van der Waals surface area (Å²) in [7, 11) is 3.49. The van der Waals surface area contributed by atoms with Gasteiger partial charge < -0.3 is 14.6 Å². The molecule has 1 aliphatic heterocycles. The first-order valence-corrected chi connectivity index (χ1v) is 8.45. The molecule has 1 aliphatic rings. The van der Waals surface area contributed by atoms with Gasteiger partial charge in [0.25, 0.3) is 0 Å². The second kappa shape index (κ2) is 5.62. The van der Waals surface area contributed by atoms with Crippen LogP contribution in [0.3, 0.4) is 0 Å². The monoisotopic (exact) mass is 335 g/mol. The lowest BCUT2D eigenvalue weighted by molar-refractivity contribution is -0.119. The van der Waals surface area contributed by atoms with E-state index in [4.69, 9.17) is 9.72 Å². The smallest absolute Gasteiger partial charge is 0.234 e. The standard InChI is InChI=1S/C20H21N3O2/c1-11(2)18-14-9-15-16(10-17(14)23(3)20(18)24)22-19(21-15)12-5-7-13(25-4)8-6-12/h5-11,18H,1-4H3,(H,21,22). The minimum Gasteiger partial charge on any atom is -0.497 e. The van der Waals surface area contributed by atoms with Crippen molar-refractivity contribution in [1.29, 1.82) is 0 Å². The van der Waals surface area contributed by atoms with Crippen LogP contribution in [-0.2, 0) is 4.79 Å². The van der Waals surface area contributed by atoms with E-state index in [9.17, 15) is 4.79 Å². The summed E-state index contributed by atoms with van der Waals surface area (Å²) in [5.74, 6) is 1.97. The Morgan fingerprint density at radius 2 is 1.92 bits per heavy atom. The second-order valence-electron chi connectivity index (χ2n) is 6.86. The van der Waals surface area contributed by atoms with Crippen molar-refractivity contribution in [1.82, 2.24) is 9.97 Å². The van der Waals surface area contributed by atoms with Crippen molar-refractivity contribution in [2.75, 3.05) is 19.1 Å². The number of aromatic nitrogens is 2. The number of carbonyl (C=O) groups excluding carboxylic acids is 1. The Hall–Kier alpha value is -2.82. The average molecular weight is 335 g/mol. The number of methoxy groups -OCH3 is 1. The van der Waals surface area contributed by atoms with Crippen molar-refractivity contribution in [3.8, 4) is 17.1 Å². The minimum atomic E-state index is -0.0860. The molecule has 0 spiro atoms. The zero-order chi connectivity index (χ0) is 17.7. The highest BCUT2D eigenvalue weighted by Gasteiger charge is 2.37. The molecule has 0 fully saturated rings. The van der Waals surface area contributed by atoms with E-state index in [-0.39, 0.29) is 17.7 Å². The Morgan fingerprint density at radius 3 is 2.56 bits per heavy atom. The fourth-order valence-corrected chi connectivity index (χ4v) is 3.59. The number of ether oxygens (including phenoxy) is 1. The van der Waals surface area contributed by atoms with Crippen LogP contribution < -0.4 is 9.64 Å². The van der Waals surface area contributed by atoms with Gasteiger partial charge in [0.05, 0.1) is 24.1 Å². The maximum Gasteiger partial charge on any atom is 0.234 e. The van der Waals surface area contributed by atoms with E-state index in [1.807, 2.05) is 37.4 Å². The third-order valence-electron chi connectivity index (χ3n) is 4.95. The van der Waals surface area contributed by atoms with Gasteiger partial charge in [0.15, 0.2) is 0 Å². The number of hydrogen-bond acceptors (Lipinski definition) is 3. The average Bonchev–Trinajstić information content (AvgIpc) is 3.12. The summed E-state index contributed by atoms with van der Waals surface area (Å²) in [5.41, 5.74) is 4.87. The summed E-state index contributed by atoms with van der Waals surface area (Å²) in [4.78, 5) is 22.4. The van der Waals surface area contributed by atoms with Gasteiger partial charge in [-0.25, -0.2) is 4.98 Å². The molecule has 1 unspecified atom stereocenters. The van der Waals surface area contributed by atoms with Gasteiger partial charge in [-0.15, -0.1) is 0 Å². The molecule has 128 valence electrons. The number of hydrogen-bond donors (Lipinski definition) is 1. The molecule has 5 nitrogen and oxygen atoms in total. The van der Waals surface area contributed by atoms with Crippen LogP contribution in [0.2, 0.25) is 0 Å². The maximum atomic E-state index is 12.5. The van der Waals surface area contributed by atoms with Crippen LogP contribution in [0.1, 0.15) is 25.3 Å². The molecule has 2 aromatic carbocycles. The number of aromatic amines is 1. The minimum absolute atomic E-state index is 0.0860. The second-order valence-corrected chi connectivity index (χ2v) is 6.86. The van der Waals surface area contributed by atoms with Gasteiger partial charge in [-0.3, -0.25) is 4.79 Å². The van der Waals surface area contributed by atoms with Crippen molar-refractivity contribution in [3.05, 3.63) is 42.0 Å². The van der Waals surface area contributed by atoms with Gasteiger partial charge in [0.2, 0.25) is 5.91 Å². The molecule has 1 amide bonds. The Kier molecular flexibility index (Phi) is 3.53. The van der Waals surface area contributed by atoms with Gasteiger partial charge in [0.1, 0.15) is 11.6 Å². The van der Waals surface area contributed by atoms with Gasteiger partial charge in [-0.2, -0.15) is 0 Å². The highest BCUT2D eigenvalue weighted by molar-refractivity contribution is 6.07. The number of nitrogens with one attached hydrogen (secondary N) is 1. The first kappa shape index (κ1) is 15.7. The van der Waals surface area contributed by atoms with Crippen molar-refractivity contribution >= 4 is 22.6 Å². The summed E-state index contributed by atoms with van der Waals surface area (Å²) in [6.07, 6.45) is 0. The Labute approximate surface area is 146 Å². The van der Waals surface area contributed by atoms with Crippen LogP contribution in [0.15, 0.2) is 36.4 Å². The van der Waals surface area contributed by atoms with E-state index >= 15 is 0 Å². The van der Waals surface area contributed by atoms with E-state index in [1.165, 1.54) is 0 Å². The van der Waals surface area contributed by atoms with Crippen molar-refractivity contribution in [3.63, 3.8) is 0 Å². The van der Waals surface area contributed by atoms with Gasteiger partial charge in [0, 0.05) is 18.3 Å². The lowest BCUT2D eigenvalue weighted by Gasteiger charge is -2.13. The Bertz CT molecular complexity index is 957. The molecule has 3 aromatic rings. The largest absolute Gasteiger partial charge is 0.497 e. The predicted octanol–water partition coefficient (Wildman–Crippen LogP) is 3.95. The Balaban J connectivity index is 1.81. The highest BCUT2D eigenvalue weighted by Crippen LogP contribution is 2.42. The van der Waals surface area contributed by atoms with E-state index in [0.717, 1.165) is 39.4 Å². The van der Waals surface area contributed by atoms with Crippen LogP contribution in [0.5, 0.6) is 5.75 Å². The topological polar surface area (TPSA) is 58.2 Å². The van der Waals surface area contributed by atoms with Crippen LogP contribution in [0.4, 0.5) is 5.69 Å². The molecule has 0 bridgehead atoms. The highest BCUT2D eigenvalue weighted by atomic mass is 16.5. The number of fused-ring (bicyclic) bond motifs is 2. The number of benzene rings is 2. The maximum absolute atomic E-state index is 12.5. The fourth-order valence-electron chi connectivity index (χ4n) is 3.59. The SMILES string of the molecule is COc1ccc(-c2nc3cc4c(cc3[nH]2)C(C(C)C)C(=O)N4C)cc1. The Morgan fingerprint density at radius 1 is 1.20 bits per heavy atom. The molecule has 0 radical (unpaired) electrons. The third kappa shape index (κ3) is 2.38. The zero-order valence-electron chi connectivity index (χ0n) is 14.8. The third-order valence-corrected chi connectivity index (χ3v) is 4.95. The van der Waals surface area contributed by atoms with Crippen LogP contribution in [0, 0.1) is 5.92 Å². The van der Waals surface area contributed by atoms with Crippen LogP contribution in [0.25, 0.3) is 22.4 Å². The first-order valence-electron chi connectivity index (χ1n) is 8.45. The molecular formula is C20H21N3O2. The van der Waals surface area contributed by atoms with E-state index < -0.39 is 0 Å². The number of rotatable bonds is 3. The van der Waals surface area contributed by atoms with Gasteiger partial charge >= 0.3 is 0 Å². The van der Waals surface area contributed by atoms with Gasteiger partial charge in [-0.05, 0) is 47.9 Å². The molecule has 25 heavy (non-hydrogen) atoms. The number of imidazole rings is 1. The van der Waals surface area contributed by atoms with Crippen molar-refractivity contribution in [2.45, 2.75) is 19.8 Å². The fraction of sp³-hybridized carbons (Fsp3) is 0.300. The number of H-pyrrole nitrogens is 1. The van der Waals surface area contributed by atoms with E-state index in [0.29, 0.717) is 0 Å². The number of carbonyl (C=O) groups is 1. The quantitative estimate of drug-likeness (QED) is 0.788.